The summed E-state index contributed by atoms with van der Waals surface area (Å²) in [7, 11) is 5.49. The van der Waals surface area contributed by atoms with Crippen molar-refractivity contribution in [3.05, 3.63) is 18.0 Å². The van der Waals surface area contributed by atoms with Crippen molar-refractivity contribution in [2.75, 3.05) is 27.2 Å². The average molecular weight is 347 g/mol. The number of carbonyl (C=O) groups excluding carboxylic acids is 2. The van der Waals surface area contributed by atoms with Gasteiger partial charge in [0.15, 0.2) is 0 Å². The van der Waals surface area contributed by atoms with Gasteiger partial charge in [-0.1, -0.05) is 6.42 Å². The van der Waals surface area contributed by atoms with Gasteiger partial charge >= 0.3 is 0 Å². The molecule has 1 aliphatic carbocycles. The van der Waals surface area contributed by atoms with Gasteiger partial charge in [0.1, 0.15) is 0 Å². The number of nitrogens with one attached hydrogen (secondary N) is 2. The van der Waals surface area contributed by atoms with Crippen molar-refractivity contribution in [3.8, 4) is 0 Å². The van der Waals surface area contributed by atoms with E-state index in [-0.39, 0.29) is 35.6 Å². The second kappa shape index (κ2) is 7.56. The van der Waals surface area contributed by atoms with Crippen molar-refractivity contribution in [2.45, 2.75) is 37.6 Å². The Balaban J connectivity index is 1.60. The maximum Gasteiger partial charge on any atom is 0.225 e. The van der Waals surface area contributed by atoms with Crippen LogP contribution < -0.4 is 10.6 Å². The van der Waals surface area contributed by atoms with Gasteiger partial charge in [0.25, 0.3) is 0 Å². The van der Waals surface area contributed by atoms with Gasteiger partial charge in [-0.3, -0.25) is 14.3 Å². The fourth-order valence-electron chi connectivity index (χ4n) is 4.15. The van der Waals surface area contributed by atoms with Gasteiger partial charge in [-0.15, -0.1) is 0 Å². The lowest BCUT2D eigenvalue weighted by atomic mass is 9.84. The first-order chi connectivity index (χ1) is 12.0. The first-order valence-corrected chi connectivity index (χ1v) is 9.16. The number of rotatable bonds is 4. The second-order valence-corrected chi connectivity index (χ2v) is 7.62. The molecular formula is C18H29N5O2. The molecule has 4 atom stereocenters. The van der Waals surface area contributed by atoms with Gasteiger partial charge in [0.05, 0.1) is 12.1 Å². The van der Waals surface area contributed by atoms with Crippen LogP contribution in [-0.2, 0) is 16.6 Å². The third kappa shape index (κ3) is 4.03. The van der Waals surface area contributed by atoms with Crippen LogP contribution in [0.2, 0.25) is 0 Å². The van der Waals surface area contributed by atoms with Gasteiger partial charge in [0.2, 0.25) is 11.8 Å². The van der Waals surface area contributed by atoms with Crippen molar-refractivity contribution < 1.29 is 9.59 Å². The summed E-state index contributed by atoms with van der Waals surface area (Å²) in [6, 6.07) is 0.102. The SMILES string of the molecule is CN(C)C(=O)C1CCCC(NC(=O)[C@H]2CNC[C@@H]2c2cnn(C)c2)C1. The van der Waals surface area contributed by atoms with Crippen molar-refractivity contribution in [3.63, 3.8) is 0 Å². The summed E-state index contributed by atoms with van der Waals surface area (Å²) in [5, 5.41) is 10.8. The van der Waals surface area contributed by atoms with E-state index in [0.29, 0.717) is 6.54 Å². The standard InChI is InChI=1S/C18H29N5O2/c1-22(2)18(25)12-5-4-6-14(7-12)21-17(24)16-10-19-9-15(16)13-8-20-23(3)11-13/h8,11-12,14-16,19H,4-7,9-10H2,1-3H3,(H,21,24)/t12?,14?,15-,16+/m1/s1. The molecule has 2 fully saturated rings. The minimum Gasteiger partial charge on any atom is -0.353 e. The number of nitrogens with zero attached hydrogens (tertiary/aromatic N) is 3. The Labute approximate surface area is 149 Å². The van der Waals surface area contributed by atoms with Crippen molar-refractivity contribution in [2.24, 2.45) is 18.9 Å². The highest BCUT2D eigenvalue weighted by molar-refractivity contribution is 5.81. The Kier molecular flexibility index (Phi) is 5.42. The van der Waals surface area contributed by atoms with Gasteiger partial charge in [-0.25, -0.2) is 0 Å². The summed E-state index contributed by atoms with van der Waals surface area (Å²) in [5.74, 6) is 0.395. The lowest BCUT2D eigenvalue weighted by Crippen LogP contribution is -2.45. The fourth-order valence-corrected chi connectivity index (χ4v) is 4.15. The van der Waals surface area contributed by atoms with E-state index in [1.54, 1.807) is 23.7 Å². The number of hydrogen-bond acceptors (Lipinski definition) is 4. The minimum atomic E-state index is -0.0749. The Morgan fingerprint density at radius 3 is 2.80 bits per heavy atom. The Morgan fingerprint density at radius 2 is 2.12 bits per heavy atom. The molecule has 2 N–H and O–H groups in total. The zero-order chi connectivity index (χ0) is 18.0. The molecule has 25 heavy (non-hydrogen) atoms. The zero-order valence-corrected chi connectivity index (χ0v) is 15.4. The Bertz CT molecular complexity index is 627. The predicted octanol–water partition coefficient (Wildman–Crippen LogP) is 0.486. The Hall–Kier alpha value is -1.89. The molecule has 1 saturated carbocycles. The molecule has 0 aromatic carbocycles. The number of carbonyl (C=O) groups is 2. The molecule has 1 aliphatic heterocycles. The van der Waals surface area contributed by atoms with Gasteiger partial charge < -0.3 is 15.5 Å². The van der Waals surface area contributed by atoms with Crippen LogP contribution in [0, 0.1) is 11.8 Å². The highest BCUT2D eigenvalue weighted by Gasteiger charge is 2.36. The number of hydrogen-bond donors (Lipinski definition) is 2. The molecule has 7 nitrogen and oxygen atoms in total. The molecule has 2 aliphatic rings. The smallest absolute Gasteiger partial charge is 0.225 e. The number of aromatic nitrogens is 2. The molecule has 2 heterocycles. The summed E-state index contributed by atoms with van der Waals surface area (Å²) in [6.07, 6.45) is 7.46. The molecule has 0 bridgehead atoms. The molecule has 138 valence electrons. The maximum atomic E-state index is 12.8. The summed E-state index contributed by atoms with van der Waals surface area (Å²) in [5.41, 5.74) is 1.11. The van der Waals surface area contributed by atoms with E-state index in [9.17, 15) is 9.59 Å². The zero-order valence-electron chi connectivity index (χ0n) is 15.4. The predicted molar refractivity (Wildman–Crippen MR) is 94.9 cm³/mol. The van der Waals surface area contributed by atoms with Crippen LogP contribution in [0.4, 0.5) is 0 Å². The van der Waals surface area contributed by atoms with E-state index >= 15 is 0 Å². The lowest BCUT2D eigenvalue weighted by Gasteiger charge is -2.31. The van der Waals surface area contributed by atoms with E-state index in [1.165, 1.54) is 0 Å². The molecule has 1 saturated heterocycles. The highest BCUT2D eigenvalue weighted by Crippen LogP contribution is 2.30. The third-order valence-corrected chi connectivity index (χ3v) is 5.51. The van der Waals surface area contributed by atoms with Gasteiger partial charge in [-0.05, 0) is 24.8 Å². The molecule has 0 radical (unpaired) electrons. The van der Waals surface area contributed by atoms with E-state index in [4.69, 9.17) is 0 Å². The van der Waals surface area contributed by atoms with Crippen LogP contribution >= 0.6 is 0 Å². The number of amides is 2. The lowest BCUT2D eigenvalue weighted by molar-refractivity contribution is -0.135. The van der Waals surface area contributed by atoms with Crippen molar-refractivity contribution in [1.29, 1.82) is 0 Å². The molecular weight excluding hydrogens is 318 g/mol. The van der Waals surface area contributed by atoms with Crippen LogP contribution in [0.1, 0.15) is 37.2 Å². The number of aryl methyl sites for hydroxylation is 1. The Morgan fingerprint density at radius 1 is 1.32 bits per heavy atom. The summed E-state index contributed by atoms with van der Waals surface area (Å²) in [4.78, 5) is 26.7. The molecule has 1 aromatic rings. The van der Waals surface area contributed by atoms with Crippen LogP contribution in [0.15, 0.2) is 12.4 Å². The van der Waals surface area contributed by atoms with Gasteiger partial charge in [-0.2, -0.15) is 5.10 Å². The normalized spacial score (nSPS) is 29.4. The second-order valence-electron chi connectivity index (χ2n) is 7.62. The molecule has 1 aromatic heterocycles. The van der Waals surface area contributed by atoms with Crippen molar-refractivity contribution in [1.82, 2.24) is 25.3 Å². The van der Waals surface area contributed by atoms with Crippen LogP contribution in [0.5, 0.6) is 0 Å². The third-order valence-electron chi connectivity index (χ3n) is 5.51. The molecule has 3 rings (SSSR count). The average Bonchev–Trinajstić information content (AvgIpc) is 3.22. The maximum absolute atomic E-state index is 12.8. The topological polar surface area (TPSA) is 79.3 Å². The summed E-state index contributed by atoms with van der Waals surface area (Å²) < 4.78 is 1.78. The first kappa shape index (κ1) is 17.9. The van der Waals surface area contributed by atoms with Gasteiger partial charge in [0, 0.05) is 58.3 Å². The molecule has 7 heteroatoms. The largest absolute Gasteiger partial charge is 0.353 e. The van der Waals surface area contributed by atoms with E-state index in [0.717, 1.165) is 37.8 Å². The molecule has 2 amide bonds. The van der Waals surface area contributed by atoms with E-state index in [1.807, 2.05) is 19.4 Å². The van der Waals surface area contributed by atoms with Crippen LogP contribution in [-0.4, -0.2) is 59.7 Å². The monoisotopic (exact) mass is 347 g/mol. The molecule has 0 spiro atoms. The highest BCUT2D eigenvalue weighted by atomic mass is 16.2. The van der Waals surface area contributed by atoms with E-state index < -0.39 is 0 Å². The fraction of sp³-hybridized carbons (Fsp3) is 0.722. The summed E-state index contributed by atoms with van der Waals surface area (Å²) >= 11 is 0. The van der Waals surface area contributed by atoms with Crippen LogP contribution in [0.3, 0.4) is 0 Å². The van der Waals surface area contributed by atoms with Crippen molar-refractivity contribution >= 4 is 11.8 Å². The van der Waals surface area contributed by atoms with Crippen LogP contribution in [0.25, 0.3) is 0 Å². The minimum absolute atomic E-state index is 0.0323. The van der Waals surface area contributed by atoms with E-state index in [2.05, 4.69) is 15.7 Å². The quantitative estimate of drug-likeness (QED) is 0.831. The first-order valence-electron chi connectivity index (χ1n) is 9.16. The summed E-state index contributed by atoms with van der Waals surface area (Å²) in [6.45, 7) is 1.49. The molecule has 2 unspecified atom stereocenters.